The lowest BCUT2D eigenvalue weighted by atomic mass is 10.0. The monoisotopic (exact) mass is 469 g/mol. The summed E-state index contributed by atoms with van der Waals surface area (Å²) in [5.74, 6) is -0.546. The van der Waals surface area contributed by atoms with Gasteiger partial charge in [0.15, 0.2) is 5.13 Å². The van der Waals surface area contributed by atoms with E-state index in [0.29, 0.717) is 11.0 Å². The summed E-state index contributed by atoms with van der Waals surface area (Å²) in [5, 5.41) is 3.24. The molecule has 0 unspecified atom stereocenters. The summed E-state index contributed by atoms with van der Waals surface area (Å²) in [6.45, 7) is 4.23. The zero-order chi connectivity index (χ0) is 22.9. The van der Waals surface area contributed by atoms with E-state index in [4.69, 9.17) is 0 Å². The van der Waals surface area contributed by atoms with Gasteiger partial charge in [-0.25, -0.2) is 17.8 Å². The third kappa shape index (κ3) is 4.79. The molecule has 0 radical (unpaired) electrons. The van der Waals surface area contributed by atoms with Crippen molar-refractivity contribution in [2.75, 3.05) is 10.0 Å². The Morgan fingerprint density at radius 2 is 1.78 bits per heavy atom. The number of anilines is 2. The van der Waals surface area contributed by atoms with Gasteiger partial charge in [-0.3, -0.25) is 14.8 Å². The number of nitrogens with zero attached hydrogens (tertiary/aromatic N) is 1. The maximum atomic E-state index is 13.1. The van der Waals surface area contributed by atoms with Gasteiger partial charge in [0, 0.05) is 11.3 Å². The lowest BCUT2D eigenvalue weighted by molar-refractivity contribution is 0.102. The second kappa shape index (κ2) is 8.68. The van der Waals surface area contributed by atoms with Gasteiger partial charge in [-0.2, -0.15) is 0 Å². The Morgan fingerprint density at radius 3 is 2.50 bits per heavy atom. The molecule has 1 aromatic heterocycles. The molecule has 0 fully saturated rings. The number of aromatic nitrogens is 1. The second-order valence-corrected chi connectivity index (χ2v) is 10.2. The van der Waals surface area contributed by atoms with Gasteiger partial charge in [0.1, 0.15) is 5.82 Å². The van der Waals surface area contributed by atoms with E-state index >= 15 is 0 Å². The third-order valence-corrected chi connectivity index (χ3v) is 7.13. The highest BCUT2D eigenvalue weighted by molar-refractivity contribution is 7.92. The molecule has 0 saturated carbocycles. The van der Waals surface area contributed by atoms with Gasteiger partial charge in [0.2, 0.25) is 0 Å². The minimum Gasteiger partial charge on any atom is -0.298 e. The van der Waals surface area contributed by atoms with E-state index in [1.54, 1.807) is 12.1 Å². The lowest BCUT2D eigenvalue weighted by Crippen LogP contribution is -2.15. The van der Waals surface area contributed by atoms with Crippen LogP contribution in [0.3, 0.4) is 0 Å². The zero-order valence-electron chi connectivity index (χ0n) is 17.3. The number of hydrogen-bond acceptors (Lipinski definition) is 5. The number of hydrogen-bond donors (Lipinski definition) is 2. The van der Waals surface area contributed by atoms with Crippen LogP contribution in [0.15, 0.2) is 71.6 Å². The predicted octanol–water partition coefficient (Wildman–Crippen LogP) is 5.61. The Balaban J connectivity index is 1.52. The number of thiazole rings is 1. The zero-order valence-corrected chi connectivity index (χ0v) is 18.9. The van der Waals surface area contributed by atoms with Gasteiger partial charge >= 0.3 is 0 Å². The average molecular weight is 470 g/mol. The van der Waals surface area contributed by atoms with Gasteiger partial charge in [0.25, 0.3) is 15.9 Å². The van der Waals surface area contributed by atoms with Gasteiger partial charge < -0.3 is 0 Å². The first-order valence-electron chi connectivity index (χ1n) is 9.81. The van der Waals surface area contributed by atoms with E-state index < -0.39 is 21.7 Å². The smallest absolute Gasteiger partial charge is 0.261 e. The number of carbonyl (C=O) groups excluding carboxylic acids is 1. The van der Waals surface area contributed by atoms with E-state index in [1.165, 1.54) is 41.2 Å². The Bertz CT molecular complexity index is 1400. The van der Waals surface area contributed by atoms with Gasteiger partial charge in [0.05, 0.1) is 15.1 Å². The topological polar surface area (TPSA) is 88.2 Å². The van der Waals surface area contributed by atoms with E-state index in [-0.39, 0.29) is 16.1 Å². The number of halogens is 1. The van der Waals surface area contributed by atoms with Crippen molar-refractivity contribution in [3.63, 3.8) is 0 Å². The summed E-state index contributed by atoms with van der Waals surface area (Å²) in [5.41, 5.74) is 2.48. The molecule has 164 valence electrons. The van der Waals surface area contributed by atoms with Crippen LogP contribution in [0.25, 0.3) is 10.2 Å². The largest absolute Gasteiger partial charge is 0.298 e. The standard InChI is InChI=1S/C23H20FN3O3S2/c1-14(2)15-6-11-20-21(13-15)31-23(25-20)26-22(28)16-4-3-5-18(12-16)27-32(29,30)19-9-7-17(24)8-10-19/h3-14,27H,1-2H3,(H,25,26,28). The van der Waals surface area contributed by atoms with Crippen LogP contribution < -0.4 is 10.0 Å². The average Bonchev–Trinajstić information content (AvgIpc) is 3.15. The van der Waals surface area contributed by atoms with Crippen LogP contribution in [0.2, 0.25) is 0 Å². The highest BCUT2D eigenvalue weighted by Crippen LogP contribution is 2.29. The SMILES string of the molecule is CC(C)c1ccc2nc(NC(=O)c3cccc(NS(=O)(=O)c4ccc(F)cc4)c3)sc2c1. The number of carbonyl (C=O) groups is 1. The van der Waals surface area contributed by atoms with E-state index in [2.05, 4.69) is 34.9 Å². The number of fused-ring (bicyclic) bond motifs is 1. The Kier molecular flexibility index (Phi) is 5.94. The van der Waals surface area contributed by atoms with E-state index in [9.17, 15) is 17.6 Å². The van der Waals surface area contributed by atoms with Crippen LogP contribution in [0.5, 0.6) is 0 Å². The van der Waals surface area contributed by atoms with Crippen LogP contribution >= 0.6 is 11.3 Å². The van der Waals surface area contributed by atoms with Crippen LogP contribution in [0.4, 0.5) is 15.2 Å². The van der Waals surface area contributed by atoms with Crippen LogP contribution in [-0.2, 0) is 10.0 Å². The summed E-state index contributed by atoms with van der Waals surface area (Å²) in [4.78, 5) is 17.1. The molecule has 4 aromatic rings. The minimum absolute atomic E-state index is 0.0796. The summed E-state index contributed by atoms with van der Waals surface area (Å²) >= 11 is 1.38. The summed E-state index contributed by atoms with van der Waals surface area (Å²) in [6.07, 6.45) is 0. The molecule has 32 heavy (non-hydrogen) atoms. The molecule has 1 heterocycles. The summed E-state index contributed by atoms with van der Waals surface area (Å²) < 4.78 is 41.5. The van der Waals surface area contributed by atoms with Gasteiger partial charge in [-0.05, 0) is 66.1 Å². The fourth-order valence-corrected chi connectivity index (χ4v) is 5.03. The molecule has 3 aromatic carbocycles. The second-order valence-electron chi connectivity index (χ2n) is 7.50. The van der Waals surface area contributed by atoms with E-state index in [0.717, 1.165) is 22.3 Å². The molecule has 2 N–H and O–H groups in total. The van der Waals surface area contributed by atoms with Crippen molar-refractivity contribution in [3.8, 4) is 0 Å². The highest BCUT2D eigenvalue weighted by Gasteiger charge is 2.16. The first kappa shape index (κ1) is 21.9. The molecule has 0 aliphatic rings. The molecule has 0 saturated heterocycles. The quantitative estimate of drug-likeness (QED) is 0.384. The molecule has 0 aliphatic heterocycles. The molecule has 0 spiro atoms. The van der Waals surface area contributed by atoms with Crippen LogP contribution in [-0.4, -0.2) is 19.3 Å². The summed E-state index contributed by atoms with van der Waals surface area (Å²) in [7, 11) is -3.92. The molecule has 6 nitrogen and oxygen atoms in total. The van der Waals surface area contributed by atoms with E-state index in [1.807, 2.05) is 12.1 Å². The Morgan fingerprint density at radius 1 is 1.03 bits per heavy atom. The first-order chi connectivity index (χ1) is 15.2. The van der Waals surface area contributed by atoms with Crippen LogP contribution in [0.1, 0.15) is 35.7 Å². The third-order valence-electron chi connectivity index (χ3n) is 4.80. The predicted molar refractivity (Wildman–Crippen MR) is 125 cm³/mol. The number of sulfonamides is 1. The molecule has 0 aliphatic carbocycles. The Labute approximate surface area is 189 Å². The van der Waals surface area contributed by atoms with Crippen molar-refractivity contribution in [2.24, 2.45) is 0 Å². The maximum Gasteiger partial charge on any atom is 0.261 e. The van der Waals surface area contributed by atoms with Crippen molar-refractivity contribution < 1.29 is 17.6 Å². The van der Waals surface area contributed by atoms with Crippen molar-refractivity contribution >= 4 is 48.3 Å². The first-order valence-corrected chi connectivity index (χ1v) is 12.1. The van der Waals surface area contributed by atoms with Gasteiger partial charge in [-0.1, -0.05) is 37.3 Å². The fourth-order valence-electron chi connectivity index (χ4n) is 3.07. The van der Waals surface area contributed by atoms with Crippen molar-refractivity contribution in [1.82, 2.24) is 4.98 Å². The normalized spacial score (nSPS) is 11.6. The highest BCUT2D eigenvalue weighted by atomic mass is 32.2. The van der Waals surface area contributed by atoms with Crippen molar-refractivity contribution in [3.05, 3.63) is 83.7 Å². The molecule has 1 amide bonds. The lowest BCUT2D eigenvalue weighted by Gasteiger charge is -2.09. The number of rotatable bonds is 6. The molecular formula is C23H20FN3O3S2. The molecular weight excluding hydrogens is 449 g/mol. The van der Waals surface area contributed by atoms with Gasteiger partial charge in [-0.15, -0.1) is 0 Å². The molecule has 4 rings (SSSR count). The van der Waals surface area contributed by atoms with Crippen molar-refractivity contribution in [2.45, 2.75) is 24.7 Å². The number of amides is 1. The Hall–Kier alpha value is -3.30. The summed E-state index contributed by atoms with van der Waals surface area (Å²) in [6, 6.07) is 16.6. The maximum absolute atomic E-state index is 13.1. The fraction of sp³-hybridized carbons (Fsp3) is 0.130. The molecule has 0 atom stereocenters. The minimum atomic E-state index is -3.92. The van der Waals surface area contributed by atoms with Crippen LogP contribution in [0, 0.1) is 5.82 Å². The number of benzene rings is 3. The molecule has 0 bridgehead atoms. The molecule has 9 heteroatoms. The van der Waals surface area contributed by atoms with Crippen molar-refractivity contribution in [1.29, 1.82) is 0 Å². The number of nitrogens with one attached hydrogen (secondary N) is 2.